The van der Waals surface area contributed by atoms with Gasteiger partial charge in [-0.15, -0.1) is 0 Å². The third kappa shape index (κ3) is 2.57. The van der Waals surface area contributed by atoms with Crippen LogP contribution in [0.4, 0.5) is 4.39 Å². The first-order valence-electron chi connectivity index (χ1n) is 2.41. The van der Waals surface area contributed by atoms with Crippen LogP contribution in [0.3, 0.4) is 0 Å². The maximum absolute atomic E-state index is 11.6. The fourth-order valence-electron chi connectivity index (χ4n) is 0.138. The van der Waals surface area contributed by atoms with Crippen LogP contribution in [0.1, 0.15) is 6.92 Å². The van der Waals surface area contributed by atoms with E-state index in [1.165, 1.54) is 0 Å². The van der Waals surface area contributed by atoms with Crippen LogP contribution >= 0.6 is 0 Å². The summed E-state index contributed by atoms with van der Waals surface area (Å²) in [4.78, 5) is 1.85. The molecule has 0 aliphatic heterocycles. The molecule has 0 saturated carbocycles. The Morgan fingerprint density at radius 3 is 2.00 bits per heavy atom. The molecule has 0 amide bonds. The molecule has 0 aromatic rings. The van der Waals surface area contributed by atoms with Crippen molar-refractivity contribution >= 4 is 0 Å². The Bertz CT molecular complexity index is 45.3. The van der Waals surface area contributed by atoms with E-state index >= 15 is 0 Å². The first-order valence-corrected chi connectivity index (χ1v) is 2.41. The Morgan fingerprint density at radius 2 is 2.00 bits per heavy atom. The van der Waals surface area contributed by atoms with E-state index in [1.807, 2.05) is 25.9 Å². The highest BCUT2D eigenvalue weighted by atomic mass is 19.1. The second-order valence-corrected chi connectivity index (χ2v) is 1.97. The number of hydrogen-bond acceptors (Lipinski definition) is 1. The van der Waals surface area contributed by atoms with Crippen molar-refractivity contribution in [1.82, 2.24) is 4.90 Å². The maximum atomic E-state index is 11.6. The van der Waals surface area contributed by atoms with Crippen molar-refractivity contribution < 1.29 is 4.39 Å². The molecule has 0 N–H and O–H groups in total. The fourth-order valence-corrected chi connectivity index (χ4v) is 0.138. The molecule has 1 atom stereocenters. The number of alkyl halides is 1. The monoisotopic (exact) mass is 105 g/mol. The molecule has 44 valence electrons. The largest absolute Gasteiger partial charge is 0.304 e. The summed E-state index contributed by atoms with van der Waals surface area (Å²) in [6.45, 7) is 1.59. The van der Waals surface area contributed by atoms with Gasteiger partial charge >= 0.3 is 0 Å². The van der Waals surface area contributed by atoms with Gasteiger partial charge in [0, 0.05) is 6.04 Å². The summed E-state index contributed by atoms with van der Waals surface area (Å²) in [7, 11) is 3.73. The van der Waals surface area contributed by atoms with Gasteiger partial charge in [-0.1, -0.05) is 0 Å². The Labute approximate surface area is 44.1 Å². The standard InChI is InChI=1S/C5H12FN/c1-5(4-6)7(2)3/h5H,4H2,1-3H3. The molecule has 7 heavy (non-hydrogen) atoms. The number of rotatable bonds is 2. The Kier molecular flexibility index (Phi) is 2.92. The molecule has 1 unspecified atom stereocenters. The summed E-state index contributed by atoms with van der Waals surface area (Å²) in [5, 5.41) is 0. The SMILES string of the molecule is CC(CF)N(C)C. The van der Waals surface area contributed by atoms with E-state index in [0.29, 0.717) is 0 Å². The highest BCUT2D eigenvalue weighted by Gasteiger charge is 1.99. The van der Waals surface area contributed by atoms with Crippen LogP contribution in [0.15, 0.2) is 0 Å². The molecule has 0 saturated heterocycles. The number of nitrogens with zero attached hydrogens (tertiary/aromatic N) is 1. The fraction of sp³-hybridized carbons (Fsp3) is 1.00. The van der Waals surface area contributed by atoms with Crippen LogP contribution in [0, 0.1) is 0 Å². The lowest BCUT2D eigenvalue weighted by atomic mass is 10.4. The molecule has 0 bridgehead atoms. The van der Waals surface area contributed by atoms with E-state index in [-0.39, 0.29) is 12.7 Å². The lowest BCUT2D eigenvalue weighted by molar-refractivity contribution is 0.256. The first-order chi connectivity index (χ1) is 3.18. The van der Waals surface area contributed by atoms with Crippen molar-refractivity contribution in [3.05, 3.63) is 0 Å². The van der Waals surface area contributed by atoms with Gasteiger partial charge in [-0.3, -0.25) is 0 Å². The molecule has 1 nitrogen and oxygen atoms in total. The Hall–Kier alpha value is -0.110. The van der Waals surface area contributed by atoms with Crippen molar-refractivity contribution in [2.24, 2.45) is 0 Å². The normalized spacial score (nSPS) is 15.0. The molecule has 0 aromatic carbocycles. The van der Waals surface area contributed by atoms with Gasteiger partial charge in [-0.2, -0.15) is 0 Å². The molecular weight excluding hydrogens is 93.1 g/mol. The first kappa shape index (κ1) is 6.89. The summed E-state index contributed by atoms with van der Waals surface area (Å²) in [6.07, 6.45) is 0. The minimum Gasteiger partial charge on any atom is -0.304 e. The lowest BCUT2D eigenvalue weighted by Gasteiger charge is -2.14. The quantitative estimate of drug-likeness (QED) is 0.504. The molecule has 0 spiro atoms. The number of halogens is 1. The predicted octanol–water partition coefficient (Wildman–Crippen LogP) is 0.906. The van der Waals surface area contributed by atoms with Crippen LogP contribution in [-0.4, -0.2) is 31.7 Å². The zero-order valence-electron chi connectivity index (χ0n) is 5.11. The van der Waals surface area contributed by atoms with E-state index in [1.54, 1.807) is 0 Å². The average Bonchev–Trinajstić information content (AvgIpc) is 1.65. The molecule has 0 aromatic heterocycles. The van der Waals surface area contributed by atoms with E-state index in [2.05, 4.69) is 0 Å². The maximum Gasteiger partial charge on any atom is 0.105 e. The van der Waals surface area contributed by atoms with Crippen molar-refractivity contribution in [3.8, 4) is 0 Å². The summed E-state index contributed by atoms with van der Waals surface area (Å²) >= 11 is 0. The van der Waals surface area contributed by atoms with Crippen LogP contribution in [0.25, 0.3) is 0 Å². The summed E-state index contributed by atoms with van der Waals surface area (Å²) in [5.41, 5.74) is 0. The van der Waals surface area contributed by atoms with Crippen LogP contribution in [0.5, 0.6) is 0 Å². The lowest BCUT2D eigenvalue weighted by Crippen LogP contribution is -2.25. The van der Waals surface area contributed by atoms with Gasteiger partial charge in [-0.25, -0.2) is 4.39 Å². The van der Waals surface area contributed by atoms with Gasteiger partial charge in [0.1, 0.15) is 6.67 Å². The molecule has 0 rings (SSSR count). The Balaban J connectivity index is 3.14. The number of hydrogen-bond donors (Lipinski definition) is 0. The zero-order chi connectivity index (χ0) is 5.86. The van der Waals surface area contributed by atoms with Crippen molar-refractivity contribution in [3.63, 3.8) is 0 Å². The van der Waals surface area contributed by atoms with Gasteiger partial charge in [-0.05, 0) is 21.0 Å². The van der Waals surface area contributed by atoms with E-state index in [9.17, 15) is 4.39 Å². The Morgan fingerprint density at radius 1 is 1.57 bits per heavy atom. The molecule has 2 heteroatoms. The van der Waals surface area contributed by atoms with Crippen molar-refractivity contribution in [2.75, 3.05) is 20.8 Å². The molecule has 0 heterocycles. The van der Waals surface area contributed by atoms with Gasteiger partial charge in [0.25, 0.3) is 0 Å². The highest BCUT2D eigenvalue weighted by Crippen LogP contribution is 1.89. The van der Waals surface area contributed by atoms with Crippen LogP contribution in [-0.2, 0) is 0 Å². The predicted molar refractivity (Wildman–Crippen MR) is 29.1 cm³/mol. The third-order valence-electron chi connectivity index (χ3n) is 1.10. The zero-order valence-corrected chi connectivity index (χ0v) is 5.11. The molecular formula is C5H12FN. The highest BCUT2D eigenvalue weighted by molar-refractivity contribution is 4.54. The van der Waals surface area contributed by atoms with E-state index in [0.717, 1.165) is 0 Å². The molecule has 0 aliphatic carbocycles. The van der Waals surface area contributed by atoms with Crippen LogP contribution in [0.2, 0.25) is 0 Å². The molecule has 0 fully saturated rings. The average molecular weight is 105 g/mol. The molecule has 0 radical (unpaired) electrons. The summed E-state index contributed by atoms with van der Waals surface area (Å²) in [5.74, 6) is 0. The molecule has 0 aliphatic rings. The summed E-state index contributed by atoms with van der Waals surface area (Å²) < 4.78 is 11.6. The van der Waals surface area contributed by atoms with Gasteiger partial charge < -0.3 is 4.90 Å². The smallest absolute Gasteiger partial charge is 0.105 e. The third-order valence-corrected chi connectivity index (χ3v) is 1.10. The van der Waals surface area contributed by atoms with Gasteiger partial charge in [0.2, 0.25) is 0 Å². The van der Waals surface area contributed by atoms with Crippen molar-refractivity contribution in [2.45, 2.75) is 13.0 Å². The minimum absolute atomic E-state index is 0.0694. The van der Waals surface area contributed by atoms with Crippen molar-refractivity contribution in [1.29, 1.82) is 0 Å². The second kappa shape index (κ2) is 2.97. The van der Waals surface area contributed by atoms with Crippen LogP contribution < -0.4 is 0 Å². The van der Waals surface area contributed by atoms with Gasteiger partial charge in [0.05, 0.1) is 0 Å². The van der Waals surface area contributed by atoms with E-state index < -0.39 is 0 Å². The summed E-state index contributed by atoms with van der Waals surface area (Å²) in [6, 6.07) is 0.0694. The topological polar surface area (TPSA) is 3.24 Å². The second-order valence-electron chi connectivity index (χ2n) is 1.97. The minimum atomic E-state index is -0.257. The van der Waals surface area contributed by atoms with Gasteiger partial charge in [0.15, 0.2) is 0 Å². The van der Waals surface area contributed by atoms with E-state index in [4.69, 9.17) is 0 Å².